The maximum Gasteiger partial charge on any atom is 0.254 e. The topological polar surface area (TPSA) is 49.4 Å². The highest BCUT2D eigenvalue weighted by molar-refractivity contribution is 6.07. The van der Waals surface area contributed by atoms with Crippen molar-refractivity contribution in [2.75, 3.05) is 13.1 Å². The summed E-state index contributed by atoms with van der Waals surface area (Å²) in [5, 5.41) is 5.33. The zero-order chi connectivity index (χ0) is 19.5. The van der Waals surface area contributed by atoms with Crippen molar-refractivity contribution in [3.05, 3.63) is 48.0 Å². The quantitative estimate of drug-likeness (QED) is 0.861. The molecule has 1 saturated carbocycles. The SMILES string of the molecule is CC1CCCC(NC(=O)C2CCCN(C(=O)c3cccc4ccccc34)C2)C1. The number of benzene rings is 2. The Morgan fingerprint density at radius 2 is 1.82 bits per heavy atom. The van der Waals surface area contributed by atoms with E-state index in [2.05, 4.69) is 12.2 Å². The second-order valence-electron chi connectivity index (χ2n) is 8.59. The van der Waals surface area contributed by atoms with Gasteiger partial charge in [-0.3, -0.25) is 9.59 Å². The van der Waals surface area contributed by atoms with E-state index < -0.39 is 0 Å². The largest absolute Gasteiger partial charge is 0.353 e. The fourth-order valence-corrected chi connectivity index (χ4v) is 4.84. The molecular weight excluding hydrogens is 348 g/mol. The molecule has 148 valence electrons. The molecule has 1 aliphatic carbocycles. The minimum absolute atomic E-state index is 0.0422. The van der Waals surface area contributed by atoms with Gasteiger partial charge in [0.15, 0.2) is 0 Å². The van der Waals surface area contributed by atoms with Gasteiger partial charge in [-0.25, -0.2) is 0 Å². The molecule has 28 heavy (non-hydrogen) atoms. The van der Waals surface area contributed by atoms with Gasteiger partial charge in [-0.2, -0.15) is 0 Å². The van der Waals surface area contributed by atoms with Crippen LogP contribution < -0.4 is 5.32 Å². The first-order valence-corrected chi connectivity index (χ1v) is 10.7. The highest BCUT2D eigenvalue weighted by Gasteiger charge is 2.31. The first-order chi connectivity index (χ1) is 13.6. The average Bonchev–Trinajstić information content (AvgIpc) is 2.73. The van der Waals surface area contributed by atoms with Gasteiger partial charge in [-0.1, -0.05) is 56.2 Å². The minimum Gasteiger partial charge on any atom is -0.353 e. The van der Waals surface area contributed by atoms with Crippen LogP contribution in [0, 0.1) is 11.8 Å². The molecule has 0 bridgehead atoms. The number of nitrogens with one attached hydrogen (secondary N) is 1. The van der Waals surface area contributed by atoms with E-state index in [1.165, 1.54) is 12.8 Å². The number of carbonyl (C=O) groups is 2. The smallest absolute Gasteiger partial charge is 0.254 e. The van der Waals surface area contributed by atoms with Crippen LogP contribution in [0.1, 0.15) is 55.8 Å². The van der Waals surface area contributed by atoms with Crippen LogP contribution in [0.2, 0.25) is 0 Å². The maximum absolute atomic E-state index is 13.2. The van der Waals surface area contributed by atoms with Gasteiger partial charge in [0.1, 0.15) is 0 Å². The number of nitrogens with zero attached hydrogens (tertiary/aromatic N) is 1. The highest BCUT2D eigenvalue weighted by atomic mass is 16.2. The van der Waals surface area contributed by atoms with Gasteiger partial charge in [0.25, 0.3) is 5.91 Å². The summed E-state index contributed by atoms with van der Waals surface area (Å²) in [6.07, 6.45) is 6.38. The Kier molecular flexibility index (Phi) is 5.65. The average molecular weight is 379 g/mol. The molecule has 2 fully saturated rings. The van der Waals surface area contributed by atoms with Gasteiger partial charge in [0.05, 0.1) is 5.92 Å². The van der Waals surface area contributed by atoms with Crippen LogP contribution in [-0.2, 0) is 4.79 Å². The Balaban J connectivity index is 1.44. The number of hydrogen-bond acceptors (Lipinski definition) is 2. The lowest BCUT2D eigenvalue weighted by Gasteiger charge is -2.34. The van der Waals surface area contributed by atoms with Crippen molar-refractivity contribution in [2.24, 2.45) is 11.8 Å². The first kappa shape index (κ1) is 19.0. The number of fused-ring (bicyclic) bond motifs is 1. The number of rotatable bonds is 3. The van der Waals surface area contributed by atoms with Crippen molar-refractivity contribution in [1.82, 2.24) is 10.2 Å². The van der Waals surface area contributed by atoms with Crippen LogP contribution in [0.15, 0.2) is 42.5 Å². The molecule has 1 N–H and O–H groups in total. The summed E-state index contributed by atoms with van der Waals surface area (Å²) in [5.74, 6) is 0.773. The molecule has 2 amide bonds. The van der Waals surface area contributed by atoms with Gasteiger partial charge < -0.3 is 10.2 Å². The predicted octanol–water partition coefficient (Wildman–Crippen LogP) is 4.39. The molecule has 2 aromatic rings. The summed E-state index contributed by atoms with van der Waals surface area (Å²) in [6, 6.07) is 14.2. The number of amides is 2. The molecule has 1 heterocycles. The summed E-state index contributed by atoms with van der Waals surface area (Å²) < 4.78 is 0. The number of carbonyl (C=O) groups excluding carboxylic acids is 2. The second-order valence-corrected chi connectivity index (χ2v) is 8.59. The molecule has 4 heteroatoms. The minimum atomic E-state index is -0.0927. The standard InChI is InChI=1S/C24H30N2O2/c1-17-7-4-11-20(15-17)25-23(27)19-10-6-14-26(16-19)24(28)22-13-5-9-18-8-2-3-12-21(18)22/h2-3,5,8-9,12-13,17,19-20H,4,6-7,10-11,14-16H2,1H3,(H,25,27). The molecule has 1 aliphatic heterocycles. The third-order valence-electron chi connectivity index (χ3n) is 6.38. The number of piperidine rings is 1. The van der Waals surface area contributed by atoms with E-state index in [4.69, 9.17) is 0 Å². The molecule has 0 radical (unpaired) electrons. The van der Waals surface area contributed by atoms with Gasteiger partial charge >= 0.3 is 0 Å². The van der Waals surface area contributed by atoms with Crippen LogP contribution >= 0.6 is 0 Å². The Morgan fingerprint density at radius 3 is 2.68 bits per heavy atom. The van der Waals surface area contributed by atoms with E-state index >= 15 is 0 Å². The number of likely N-dealkylation sites (tertiary alicyclic amines) is 1. The zero-order valence-electron chi connectivity index (χ0n) is 16.7. The van der Waals surface area contributed by atoms with Crippen LogP contribution in [0.4, 0.5) is 0 Å². The lowest BCUT2D eigenvalue weighted by atomic mass is 9.86. The second kappa shape index (κ2) is 8.34. The predicted molar refractivity (Wildman–Crippen MR) is 112 cm³/mol. The van der Waals surface area contributed by atoms with Crippen molar-refractivity contribution in [1.29, 1.82) is 0 Å². The summed E-state index contributed by atoms with van der Waals surface area (Å²) >= 11 is 0. The zero-order valence-corrected chi connectivity index (χ0v) is 16.7. The van der Waals surface area contributed by atoms with Crippen molar-refractivity contribution in [2.45, 2.75) is 51.5 Å². The summed E-state index contributed by atoms with van der Waals surface area (Å²) in [6.45, 7) is 3.52. The van der Waals surface area contributed by atoms with Crippen LogP contribution in [0.5, 0.6) is 0 Å². The van der Waals surface area contributed by atoms with Gasteiger partial charge in [0, 0.05) is 24.7 Å². The Morgan fingerprint density at radius 1 is 1.00 bits per heavy atom. The van der Waals surface area contributed by atoms with Crippen molar-refractivity contribution >= 4 is 22.6 Å². The molecular formula is C24H30N2O2. The molecule has 3 atom stereocenters. The van der Waals surface area contributed by atoms with Crippen LogP contribution in [-0.4, -0.2) is 35.8 Å². The Hall–Kier alpha value is -2.36. The fraction of sp³-hybridized carbons (Fsp3) is 0.500. The molecule has 2 aliphatic rings. The molecule has 4 rings (SSSR count). The maximum atomic E-state index is 13.2. The van der Waals surface area contributed by atoms with Gasteiger partial charge in [-0.05, 0) is 48.4 Å². The summed E-state index contributed by atoms with van der Waals surface area (Å²) in [5.41, 5.74) is 0.736. The first-order valence-electron chi connectivity index (χ1n) is 10.7. The highest BCUT2D eigenvalue weighted by Crippen LogP contribution is 2.26. The van der Waals surface area contributed by atoms with E-state index in [0.29, 0.717) is 18.5 Å². The molecule has 2 aromatic carbocycles. The van der Waals surface area contributed by atoms with E-state index in [0.717, 1.165) is 48.6 Å². The summed E-state index contributed by atoms with van der Waals surface area (Å²) in [4.78, 5) is 27.9. The van der Waals surface area contributed by atoms with Crippen LogP contribution in [0.3, 0.4) is 0 Å². The third kappa shape index (κ3) is 4.06. The fourth-order valence-electron chi connectivity index (χ4n) is 4.84. The van der Waals surface area contributed by atoms with Crippen molar-refractivity contribution < 1.29 is 9.59 Å². The third-order valence-corrected chi connectivity index (χ3v) is 6.38. The molecule has 1 saturated heterocycles. The molecule has 0 spiro atoms. The van der Waals surface area contributed by atoms with Gasteiger partial charge in [-0.15, -0.1) is 0 Å². The molecule has 3 unspecified atom stereocenters. The van der Waals surface area contributed by atoms with Crippen LogP contribution in [0.25, 0.3) is 10.8 Å². The van der Waals surface area contributed by atoms with E-state index in [-0.39, 0.29) is 17.7 Å². The lowest BCUT2D eigenvalue weighted by molar-refractivity contribution is -0.127. The normalized spacial score (nSPS) is 25.5. The Bertz CT molecular complexity index is 857. The number of hydrogen-bond donors (Lipinski definition) is 1. The van der Waals surface area contributed by atoms with E-state index in [1.807, 2.05) is 47.4 Å². The lowest BCUT2D eigenvalue weighted by Crippen LogP contribution is -2.48. The molecule has 0 aromatic heterocycles. The van der Waals surface area contributed by atoms with Crippen molar-refractivity contribution in [3.63, 3.8) is 0 Å². The Labute approximate surface area is 167 Å². The summed E-state index contributed by atoms with van der Waals surface area (Å²) in [7, 11) is 0. The van der Waals surface area contributed by atoms with E-state index in [9.17, 15) is 9.59 Å². The van der Waals surface area contributed by atoms with E-state index in [1.54, 1.807) is 0 Å². The monoisotopic (exact) mass is 378 g/mol. The van der Waals surface area contributed by atoms with Crippen molar-refractivity contribution in [3.8, 4) is 0 Å². The van der Waals surface area contributed by atoms with Gasteiger partial charge in [0.2, 0.25) is 5.91 Å². The molecule has 4 nitrogen and oxygen atoms in total.